The minimum Gasteiger partial charge on any atom is -0.461 e. The number of hydrogen-bond donors (Lipinski definition) is 2. The summed E-state index contributed by atoms with van der Waals surface area (Å²) < 4.78 is 82.8. The third-order valence-electron chi connectivity index (χ3n) is 10.0. The molecule has 2 aromatic carbocycles. The molecule has 2 aromatic heterocycles. The second-order valence-electron chi connectivity index (χ2n) is 12.7. The van der Waals surface area contributed by atoms with E-state index in [1.54, 1.807) is 0 Å². The van der Waals surface area contributed by atoms with E-state index in [9.17, 15) is 8.78 Å². The molecule has 3 unspecified atom stereocenters. The Morgan fingerprint density at radius 3 is 2.51 bits per heavy atom. The average Bonchev–Trinajstić information content (AvgIpc) is 3.64. The Labute approximate surface area is 269 Å². The lowest BCUT2D eigenvalue weighted by molar-refractivity contribution is 0.102. The van der Waals surface area contributed by atoms with Gasteiger partial charge in [0.1, 0.15) is 23.6 Å². The van der Waals surface area contributed by atoms with Crippen LogP contribution in [-0.2, 0) is 6.42 Å². The fraction of sp³-hybridized carbons (Fsp3) is 0.500. The topological polar surface area (TPSA) is 92.4 Å². The van der Waals surface area contributed by atoms with E-state index in [4.69, 9.17) is 10.5 Å². The normalized spacial score (nSPS) is 23.6. The molecule has 0 aliphatic carbocycles. The lowest BCUT2D eigenvalue weighted by atomic mass is 9.95. The van der Waals surface area contributed by atoms with Crippen molar-refractivity contribution in [3.05, 3.63) is 47.4 Å². The summed E-state index contributed by atoms with van der Waals surface area (Å²) in [5.41, 5.74) is 6.11. The van der Waals surface area contributed by atoms with Crippen molar-refractivity contribution >= 4 is 33.2 Å². The molecule has 3 saturated heterocycles. The Morgan fingerprint density at radius 1 is 0.979 bits per heavy atom. The third-order valence-corrected chi connectivity index (χ3v) is 10.0. The molecule has 250 valence electrons. The number of anilines is 2. The highest BCUT2D eigenvalue weighted by molar-refractivity contribution is 6.02. The molecule has 4 aliphatic heterocycles. The van der Waals surface area contributed by atoms with E-state index in [0.717, 1.165) is 44.8 Å². The molecule has 6 heterocycles. The van der Waals surface area contributed by atoms with Gasteiger partial charge in [0, 0.05) is 16.6 Å². The largest absolute Gasteiger partial charge is 0.461 e. The van der Waals surface area contributed by atoms with Crippen LogP contribution in [0.25, 0.3) is 32.9 Å². The lowest BCUT2D eigenvalue weighted by Crippen LogP contribution is -2.60. The summed E-state index contributed by atoms with van der Waals surface area (Å²) in [5.74, 6) is -3.02. The molecular formula is C34H38F5N7O. The minimum atomic E-state index is -1.69. The third kappa shape index (κ3) is 5.31. The van der Waals surface area contributed by atoms with Crippen molar-refractivity contribution in [2.45, 2.75) is 83.0 Å². The van der Waals surface area contributed by atoms with Gasteiger partial charge in [0.2, 0.25) is 0 Å². The quantitative estimate of drug-likeness (QED) is 0.145. The van der Waals surface area contributed by atoms with Crippen LogP contribution in [0.4, 0.5) is 33.5 Å². The highest BCUT2D eigenvalue weighted by Gasteiger charge is 2.45. The van der Waals surface area contributed by atoms with E-state index in [2.05, 4.69) is 25.2 Å². The van der Waals surface area contributed by atoms with Gasteiger partial charge in [0.15, 0.2) is 30.0 Å². The second-order valence-corrected chi connectivity index (χ2v) is 12.7. The first-order valence-corrected chi connectivity index (χ1v) is 16.5. The van der Waals surface area contributed by atoms with E-state index in [1.165, 1.54) is 23.1 Å². The smallest absolute Gasteiger partial charge is 0.319 e. The molecule has 3 fully saturated rings. The zero-order chi connectivity index (χ0) is 33.0. The van der Waals surface area contributed by atoms with Crippen LogP contribution in [0.1, 0.15) is 58.1 Å². The van der Waals surface area contributed by atoms with Crippen LogP contribution in [0.5, 0.6) is 6.01 Å². The predicted octanol–water partition coefficient (Wildman–Crippen LogP) is 6.58. The van der Waals surface area contributed by atoms with Crippen LogP contribution >= 0.6 is 0 Å². The van der Waals surface area contributed by atoms with E-state index >= 15 is 13.2 Å². The van der Waals surface area contributed by atoms with Crippen LogP contribution in [-0.4, -0.2) is 70.3 Å². The maximum atomic E-state index is 16.9. The number of nitrogens with two attached hydrogens (primary N) is 1. The van der Waals surface area contributed by atoms with Gasteiger partial charge in [-0.25, -0.2) is 26.9 Å². The average molecular weight is 656 g/mol. The standard InChI is InChI=1S/C32H32F5N7O.C2H6/c33-19-7-6-16-12-17(38)13-18(23(16)25(19)35)27-26(36)28-24-20(39-27)4-1-5-21-29(37)40-22(34)14-44(21)30(24)42-31(41-28)45-15-32-8-2-10-43(32)11-3-9-32;1-2/h6-7,12-13,21-22,29,40H,1-5,8-11,14-15,38H2;1-2H3. The van der Waals surface area contributed by atoms with Gasteiger partial charge < -0.3 is 15.4 Å². The van der Waals surface area contributed by atoms with E-state index < -0.39 is 36.1 Å². The Morgan fingerprint density at radius 2 is 1.74 bits per heavy atom. The number of pyridine rings is 1. The van der Waals surface area contributed by atoms with Crippen molar-refractivity contribution in [2.24, 2.45) is 0 Å². The number of nitrogen functional groups attached to an aromatic ring is 1. The molecular weight excluding hydrogens is 617 g/mol. The summed E-state index contributed by atoms with van der Waals surface area (Å²) >= 11 is 0. The fourth-order valence-corrected chi connectivity index (χ4v) is 7.93. The fourth-order valence-electron chi connectivity index (χ4n) is 7.93. The molecule has 8 rings (SSSR count). The number of hydrogen-bond acceptors (Lipinski definition) is 8. The molecule has 3 atom stereocenters. The molecule has 4 aromatic rings. The molecule has 0 amide bonds. The van der Waals surface area contributed by atoms with Crippen LogP contribution in [0, 0.1) is 17.5 Å². The van der Waals surface area contributed by atoms with Crippen molar-refractivity contribution in [3.8, 4) is 17.3 Å². The SMILES string of the molecule is CC.Nc1cc(-c2nc3c4c(nc(OCC56CCCN5CCC6)nc4c2F)N2CC(F)NC(F)C2CCC3)c2c(F)c(F)ccc2c1. The van der Waals surface area contributed by atoms with Crippen molar-refractivity contribution in [1.82, 2.24) is 25.2 Å². The van der Waals surface area contributed by atoms with Crippen LogP contribution in [0.3, 0.4) is 0 Å². The van der Waals surface area contributed by atoms with Crippen molar-refractivity contribution in [2.75, 3.05) is 36.9 Å². The number of rotatable bonds is 4. The molecule has 13 heteroatoms. The summed E-state index contributed by atoms with van der Waals surface area (Å²) in [6, 6.07) is 4.32. The summed E-state index contributed by atoms with van der Waals surface area (Å²) in [4.78, 5) is 17.8. The molecule has 0 bridgehead atoms. The van der Waals surface area contributed by atoms with Gasteiger partial charge in [-0.05, 0) is 81.6 Å². The van der Waals surface area contributed by atoms with Crippen molar-refractivity contribution < 1.29 is 26.7 Å². The maximum Gasteiger partial charge on any atom is 0.319 e. The van der Waals surface area contributed by atoms with E-state index in [-0.39, 0.29) is 69.1 Å². The van der Waals surface area contributed by atoms with Gasteiger partial charge in [0.25, 0.3) is 0 Å². The van der Waals surface area contributed by atoms with Crippen molar-refractivity contribution in [3.63, 3.8) is 0 Å². The number of piperazine rings is 1. The number of ether oxygens (including phenoxy) is 1. The molecule has 8 nitrogen and oxygen atoms in total. The summed E-state index contributed by atoms with van der Waals surface area (Å²) in [6.07, 6.45) is 1.72. The van der Waals surface area contributed by atoms with Gasteiger partial charge in [-0.15, -0.1) is 0 Å². The lowest BCUT2D eigenvalue weighted by Gasteiger charge is -2.42. The number of aromatic nitrogens is 3. The molecule has 47 heavy (non-hydrogen) atoms. The zero-order valence-electron chi connectivity index (χ0n) is 26.4. The molecule has 4 aliphatic rings. The number of alkyl halides is 2. The number of fused-ring (bicyclic) bond motifs is 4. The Hall–Kier alpha value is -3.84. The van der Waals surface area contributed by atoms with Gasteiger partial charge in [-0.1, -0.05) is 19.9 Å². The highest BCUT2D eigenvalue weighted by atomic mass is 19.2. The number of nitrogens with one attached hydrogen (secondary N) is 1. The number of nitrogens with zero attached hydrogens (tertiary/aromatic N) is 5. The Kier molecular flexibility index (Phi) is 8.32. The number of aryl methyl sites for hydroxylation is 1. The van der Waals surface area contributed by atoms with Crippen LogP contribution < -0.4 is 20.7 Å². The highest BCUT2D eigenvalue weighted by Crippen LogP contribution is 2.43. The van der Waals surface area contributed by atoms with Gasteiger partial charge in [-0.2, -0.15) is 9.97 Å². The first kappa shape index (κ1) is 31.7. The molecule has 3 N–H and O–H groups in total. The monoisotopic (exact) mass is 655 g/mol. The second kappa shape index (κ2) is 12.3. The van der Waals surface area contributed by atoms with E-state index in [1.807, 2.05) is 13.8 Å². The summed E-state index contributed by atoms with van der Waals surface area (Å²) in [7, 11) is 0. The Balaban J connectivity index is 0.00000172. The van der Waals surface area contributed by atoms with Gasteiger partial charge in [-0.3, -0.25) is 10.2 Å². The van der Waals surface area contributed by atoms with Crippen molar-refractivity contribution in [1.29, 1.82) is 0 Å². The van der Waals surface area contributed by atoms with Gasteiger partial charge in [0.05, 0.1) is 29.2 Å². The van der Waals surface area contributed by atoms with Crippen LogP contribution in [0.15, 0.2) is 24.3 Å². The van der Waals surface area contributed by atoms with E-state index in [0.29, 0.717) is 25.0 Å². The first-order valence-electron chi connectivity index (χ1n) is 16.5. The predicted molar refractivity (Wildman–Crippen MR) is 171 cm³/mol. The summed E-state index contributed by atoms with van der Waals surface area (Å²) in [6.45, 7) is 6.02. The molecule has 0 saturated carbocycles. The van der Waals surface area contributed by atoms with Crippen LogP contribution in [0.2, 0.25) is 0 Å². The zero-order valence-corrected chi connectivity index (χ0v) is 26.4. The number of benzene rings is 2. The Bertz CT molecular complexity index is 1830. The van der Waals surface area contributed by atoms with Gasteiger partial charge >= 0.3 is 6.01 Å². The first-order chi connectivity index (χ1) is 22.7. The number of halogens is 5. The summed E-state index contributed by atoms with van der Waals surface area (Å²) in [5, 5.41) is 2.67. The molecule has 0 radical (unpaired) electrons. The molecule has 0 spiro atoms. The minimum absolute atomic E-state index is 0.0264. The maximum absolute atomic E-state index is 16.9.